The van der Waals surface area contributed by atoms with Crippen LogP contribution < -0.4 is 10.1 Å². The molecular weight excluding hydrogens is 269 g/mol. The largest absolute Gasteiger partial charge is 0.481 e. The molecule has 4 heteroatoms. The lowest BCUT2D eigenvalue weighted by molar-refractivity contribution is -0.128. The van der Waals surface area contributed by atoms with Gasteiger partial charge < -0.3 is 10.1 Å². The minimum atomic E-state index is -0.569. The maximum Gasteiger partial charge on any atom is 0.260 e. The molecule has 1 amide bonds. The van der Waals surface area contributed by atoms with Crippen LogP contribution >= 0.6 is 0 Å². The first-order valence-electron chi connectivity index (χ1n) is 7.88. The van der Waals surface area contributed by atoms with Gasteiger partial charge in [-0.3, -0.25) is 4.79 Å². The van der Waals surface area contributed by atoms with Crippen molar-refractivity contribution in [3.05, 3.63) is 30.1 Å². The highest BCUT2D eigenvalue weighted by atomic mass is 19.1. The van der Waals surface area contributed by atoms with E-state index < -0.39 is 6.10 Å². The molecule has 0 spiro atoms. The van der Waals surface area contributed by atoms with Crippen molar-refractivity contribution in [2.24, 2.45) is 0 Å². The van der Waals surface area contributed by atoms with Crippen molar-refractivity contribution in [3.8, 4) is 5.75 Å². The molecule has 21 heavy (non-hydrogen) atoms. The van der Waals surface area contributed by atoms with Gasteiger partial charge in [0, 0.05) is 6.04 Å². The normalized spacial score (nSPS) is 18.4. The Morgan fingerprint density at radius 1 is 1.14 bits per heavy atom. The molecule has 1 saturated carbocycles. The Labute approximate surface area is 125 Å². The summed E-state index contributed by atoms with van der Waals surface area (Å²) < 4.78 is 18.4. The summed E-state index contributed by atoms with van der Waals surface area (Å²) in [5.74, 6) is 0.107. The highest BCUT2D eigenvalue weighted by Crippen LogP contribution is 2.18. The first-order valence-corrected chi connectivity index (χ1v) is 7.88. The van der Waals surface area contributed by atoms with E-state index in [0.29, 0.717) is 5.75 Å². The Hall–Kier alpha value is -1.58. The number of carbonyl (C=O) groups excluding carboxylic acids is 1. The number of carbonyl (C=O) groups is 1. The van der Waals surface area contributed by atoms with Gasteiger partial charge in [-0.2, -0.15) is 0 Å². The van der Waals surface area contributed by atoms with Crippen LogP contribution in [0, 0.1) is 5.82 Å². The monoisotopic (exact) mass is 293 g/mol. The minimum Gasteiger partial charge on any atom is -0.481 e. The molecule has 0 saturated heterocycles. The zero-order valence-corrected chi connectivity index (χ0v) is 12.6. The first-order chi connectivity index (χ1) is 10.1. The van der Waals surface area contributed by atoms with E-state index in [1.807, 2.05) is 0 Å². The van der Waals surface area contributed by atoms with Crippen LogP contribution in [0.5, 0.6) is 5.75 Å². The molecule has 2 rings (SSSR count). The molecule has 1 aromatic carbocycles. The van der Waals surface area contributed by atoms with E-state index in [0.717, 1.165) is 12.8 Å². The van der Waals surface area contributed by atoms with E-state index in [-0.39, 0.29) is 17.8 Å². The van der Waals surface area contributed by atoms with Crippen molar-refractivity contribution >= 4 is 5.91 Å². The topological polar surface area (TPSA) is 38.3 Å². The molecule has 0 bridgehead atoms. The minimum absolute atomic E-state index is 0.0927. The Bertz CT molecular complexity index is 439. The van der Waals surface area contributed by atoms with Crippen molar-refractivity contribution in [2.75, 3.05) is 0 Å². The number of halogens is 1. The fourth-order valence-electron chi connectivity index (χ4n) is 2.69. The van der Waals surface area contributed by atoms with Crippen molar-refractivity contribution in [1.29, 1.82) is 0 Å². The summed E-state index contributed by atoms with van der Waals surface area (Å²) in [5, 5.41) is 3.08. The predicted molar refractivity (Wildman–Crippen MR) is 80.7 cm³/mol. The molecule has 0 aliphatic heterocycles. The summed E-state index contributed by atoms with van der Waals surface area (Å²) in [6.45, 7) is 1.72. The van der Waals surface area contributed by atoms with Crippen molar-refractivity contribution < 1.29 is 13.9 Å². The van der Waals surface area contributed by atoms with E-state index in [1.54, 1.807) is 6.92 Å². The Balaban J connectivity index is 1.82. The third-order valence-corrected chi connectivity index (χ3v) is 3.95. The molecule has 1 atom stereocenters. The molecule has 1 fully saturated rings. The van der Waals surface area contributed by atoms with Gasteiger partial charge in [-0.05, 0) is 44.0 Å². The second kappa shape index (κ2) is 8.01. The lowest BCUT2D eigenvalue weighted by Gasteiger charge is -2.23. The third kappa shape index (κ3) is 5.37. The second-order valence-electron chi connectivity index (χ2n) is 5.76. The number of rotatable bonds is 4. The zero-order chi connectivity index (χ0) is 15.1. The van der Waals surface area contributed by atoms with Gasteiger partial charge in [0.05, 0.1) is 0 Å². The van der Waals surface area contributed by atoms with Crippen LogP contribution in [0.25, 0.3) is 0 Å². The van der Waals surface area contributed by atoms with Gasteiger partial charge in [0.15, 0.2) is 6.10 Å². The van der Waals surface area contributed by atoms with Crippen LogP contribution in [0.15, 0.2) is 24.3 Å². The average Bonchev–Trinajstić information content (AvgIpc) is 2.44. The van der Waals surface area contributed by atoms with Gasteiger partial charge in [0.1, 0.15) is 11.6 Å². The summed E-state index contributed by atoms with van der Waals surface area (Å²) in [5.41, 5.74) is 0. The number of hydrogen-bond donors (Lipinski definition) is 1. The lowest BCUT2D eigenvalue weighted by atomic mass is 9.96. The van der Waals surface area contributed by atoms with Crippen LogP contribution in [0.2, 0.25) is 0 Å². The number of hydrogen-bond acceptors (Lipinski definition) is 2. The van der Waals surface area contributed by atoms with E-state index in [2.05, 4.69) is 5.32 Å². The SMILES string of the molecule is C[C@H](Oc1ccc(F)cc1)C(=O)NC1CCCCCCC1. The van der Waals surface area contributed by atoms with Crippen LogP contribution in [-0.2, 0) is 4.79 Å². The number of benzene rings is 1. The molecule has 1 aliphatic carbocycles. The maximum absolute atomic E-state index is 12.8. The second-order valence-corrected chi connectivity index (χ2v) is 5.76. The van der Waals surface area contributed by atoms with Crippen LogP contribution in [0.4, 0.5) is 4.39 Å². The van der Waals surface area contributed by atoms with Gasteiger partial charge >= 0.3 is 0 Å². The molecule has 1 aliphatic rings. The predicted octanol–water partition coefficient (Wildman–Crippen LogP) is 3.82. The van der Waals surface area contributed by atoms with Crippen LogP contribution in [-0.4, -0.2) is 18.1 Å². The number of ether oxygens (including phenoxy) is 1. The summed E-state index contributed by atoms with van der Waals surface area (Å²) in [6, 6.07) is 5.99. The van der Waals surface area contributed by atoms with Crippen molar-refractivity contribution in [2.45, 2.75) is 64.0 Å². The lowest BCUT2D eigenvalue weighted by Crippen LogP contribution is -2.42. The molecular formula is C17H24FNO2. The van der Waals surface area contributed by atoms with Crippen molar-refractivity contribution in [1.82, 2.24) is 5.32 Å². The maximum atomic E-state index is 12.8. The zero-order valence-electron chi connectivity index (χ0n) is 12.6. The Morgan fingerprint density at radius 3 is 2.33 bits per heavy atom. The van der Waals surface area contributed by atoms with Crippen LogP contribution in [0.3, 0.4) is 0 Å². The van der Waals surface area contributed by atoms with Crippen LogP contribution in [0.1, 0.15) is 51.9 Å². The highest BCUT2D eigenvalue weighted by molar-refractivity contribution is 5.81. The summed E-state index contributed by atoms with van der Waals surface area (Å²) in [7, 11) is 0. The summed E-state index contributed by atoms with van der Waals surface area (Å²) in [4.78, 5) is 12.2. The Kier molecular flexibility index (Phi) is 6.03. The van der Waals surface area contributed by atoms with E-state index in [1.165, 1.54) is 56.4 Å². The van der Waals surface area contributed by atoms with E-state index in [9.17, 15) is 9.18 Å². The van der Waals surface area contributed by atoms with Gasteiger partial charge in [-0.15, -0.1) is 0 Å². The van der Waals surface area contributed by atoms with Gasteiger partial charge in [-0.1, -0.05) is 32.1 Å². The molecule has 1 aromatic rings. The molecule has 0 aromatic heterocycles. The molecule has 0 unspecified atom stereocenters. The fraction of sp³-hybridized carbons (Fsp3) is 0.588. The molecule has 1 N–H and O–H groups in total. The third-order valence-electron chi connectivity index (χ3n) is 3.95. The van der Waals surface area contributed by atoms with Crippen molar-refractivity contribution in [3.63, 3.8) is 0 Å². The average molecular weight is 293 g/mol. The molecule has 116 valence electrons. The van der Waals surface area contributed by atoms with Gasteiger partial charge in [-0.25, -0.2) is 4.39 Å². The fourth-order valence-corrected chi connectivity index (χ4v) is 2.69. The standard InChI is InChI=1S/C17H24FNO2/c1-13(21-16-11-9-14(18)10-12-16)17(20)19-15-7-5-3-2-4-6-8-15/h9-13,15H,2-8H2,1H3,(H,19,20)/t13-/m0/s1. The Morgan fingerprint density at radius 2 is 1.71 bits per heavy atom. The molecule has 0 heterocycles. The highest BCUT2D eigenvalue weighted by Gasteiger charge is 2.19. The number of amides is 1. The van der Waals surface area contributed by atoms with E-state index >= 15 is 0 Å². The summed E-state index contributed by atoms with van der Waals surface area (Å²) >= 11 is 0. The molecule has 0 radical (unpaired) electrons. The van der Waals surface area contributed by atoms with Gasteiger partial charge in [0.25, 0.3) is 5.91 Å². The quantitative estimate of drug-likeness (QED) is 0.916. The summed E-state index contributed by atoms with van der Waals surface area (Å²) in [6.07, 6.45) is 7.72. The van der Waals surface area contributed by atoms with Gasteiger partial charge in [0.2, 0.25) is 0 Å². The molecule has 3 nitrogen and oxygen atoms in total. The number of nitrogens with one attached hydrogen (secondary N) is 1. The smallest absolute Gasteiger partial charge is 0.260 e. The van der Waals surface area contributed by atoms with E-state index in [4.69, 9.17) is 4.74 Å². The first kappa shape index (κ1) is 15.8.